The Hall–Kier alpha value is -0.970. The number of carboxylic acids is 1. The second kappa shape index (κ2) is 3.89. The fraction of sp³-hybridized carbons (Fsp3) is 0.300. The molecular weight excluding hydrogens is 270 g/mol. The van der Waals surface area contributed by atoms with E-state index in [4.69, 9.17) is 5.11 Å². The van der Waals surface area contributed by atoms with Gasteiger partial charge in [0, 0.05) is 4.47 Å². The van der Waals surface area contributed by atoms with Crippen molar-refractivity contribution in [2.75, 3.05) is 0 Å². The van der Waals surface area contributed by atoms with Crippen molar-refractivity contribution < 1.29 is 18.7 Å². The Morgan fingerprint density at radius 3 is 2.27 bits per heavy atom. The van der Waals surface area contributed by atoms with Crippen LogP contribution in [-0.2, 0) is 10.2 Å². The average molecular weight is 279 g/mol. The third-order valence-corrected chi connectivity index (χ3v) is 2.87. The molecule has 2 nitrogen and oxygen atoms in total. The molecule has 0 unspecified atom stereocenters. The maximum atomic E-state index is 13.0. The van der Waals surface area contributed by atoms with Crippen molar-refractivity contribution in [1.29, 1.82) is 0 Å². The molecule has 0 aromatic heterocycles. The molecule has 0 atom stereocenters. The van der Waals surface area contributed by atoms with Crippen LogP contribution in [0.25, 0.3) is 0 Å². The van der Waals surface area contributed by atoms with E-state index >= 15 is 0 Å². The number of carboxylic acid groups (broad SMARTS) is 1. The number of hydrogen-bond acceptors (Lipinski definition) is 1. The van der Waals surface area contributed by atoms with Crippen LogP contribution in [-0.4, -0.2) is 11.1 Å². The first-order valence-corrected chi connectivity index (χ1v) is 4.94. The van der Waals surface area contributed by atoms with E-state index in [-0.39, 0.29) is 10.0 Å². The van der Waals surface area contributed by atoms with Gasteiger partial charge in [-0.25, -0.2) is 8.78 Å². The molecule has 0 bridgehead atoms. The molecule has 1 N–H and O–H groups in total. The van der Waals surface area contributed by atoms with Crippen LogP contribution in [0.5, 0.6) is 0 Å². The summed E-state index contributed by atoms with van der Waals surface area (Å²) in [5.41, 5.74) is -1.07. The Labute approximate surface area is 94.0 Å². The molecule has 0 aliphatic heterocycles. The third kappa shape index (κ3) is 2.17. The Bertz CT molecular complexity index is 416. The second-order valence-electron chi connectivity index (χ2n) is 3.68. The van der Waals surface area contributed by atoms with Crippen LogP contribution in [0.4, 0.5) is 8.78 Å². The first-order valence-electron chi connectivity index (χ1n) is 4.15. The summed E-state index contributed by atoms with van der Waals surface area (Å²) in [6.07, 6.45) is 0. The molecule has 0 saturated carbocycles. The predicted molar refractivity (Wildman–Crippen MR) is 54.7 cm³/mol. The van der Waals surface area contributed by atoms with E-state index in [0.29, 0.717) is 0 Å². The number of carbonyl (C=O) groups is 1. The summed E-state index contributed by atoms with van der Waals surface area (Å²) < 4.78 is 26.0. The van der Waals surface area contributed by atoms with Gasteiger partial charge in [0.15, 0.2) is 11.6 Å². The van der Waals surface area contributed by atoms with Crippen molar-refractivity contribution in [3.63, 3.8) is 0 Å². The maximum absolute atomic E-state index is 13.0. The average Bonchev–Trinajstić information content (AvgIpc) is 2.10. The lowest BCUT2D eigenvalue weighted by Gasteiger charge is -2.21. The van der Waals surface area contributed by atoms with Crippen molar-refractivity contribution in [2.24, 2.45) is 0 Å². The minimum atomic E-state index is -1.27. The molecule has 0 amide bonds. The van der Waals surface area contributed by atoms with Crippen LogP contribution in [0, 0.1) is 11.6 Å². The quantitative estimate of drug-likeness (QED) is 0.845. The molecule has 0 fully saturated rings. The minimum absolute atomic E-state index is 0.203. The first-order chi connectivity index (χ1) is 6.76. The molecule has 15 heavy (non-hydrogen) atoms. The van der Waals surface area contributed by atoms with Gasteiger partial charge in [-0.2, -0.15) is 0 Å². The van der Waals surface area contributed by atoms with Gasteiger partial charge < -0.3 is 5.11 Å². The highest BCUT2D eigenvalue weighted by molar-refractivity contribution is 9.10. The van der Waals surface area contributed by atoms with Gasteiger partial charge >= 0.3 is 5.97 Å². The zero-order chi connectivity index (χ0) is 11.8. The number of rotatable bonds is 2. The van der Waals surface area contributed by atoms with E-state index in [2.05, 4.69) is 15.9 Å². The lowest BCUT2D eigenvalue weighted by molar-refractivity contribution is -0.142. The topological polar surface area (TPSA) is 37.3 Å². The number of halogens is 3. The van der Waals surface area contributed by atoms with Gasteiger partial charge in [0.1, 0.15) is 0 Å². The largest absolute Gasteiger partial charge is 0.481 e. The summed E-state index contributed by atoms with van der Waals surface area (Å²) >= 11 is 3.02. The lowest BCUT2D eigenvalue weighted by atomic mass is 9.85. The molecule has 0 spiro atoms. The molecule has 1 aromatic carbocycles. The Balaban J connectivity index is 3.38. The van der Waals surface area contributed by atoms with E-state index < -0.39 is 23.0 Å². The highest BCUT2D eigenvalue weighted by Gasteiger charge is 2.32. The standard InChI is InChI=1S/C10H9BrF2O2/c1-10(2,9(14)15)5-3-7(12)8(13)4-6(5)11/h3-4H,1-2H3,(H,14,15). The summed E-state index contributed by atoms with van der Waals surface area (Å²) in [7, 11) is 0. The zero-order valence-corrected chi connectivity index (χ0v) is 9.73. The molecule has 0 aliphatic rings. The van der Waals surface area contributed by atoms with Gasteiger partial charge in [-0.3, -0.25) is 4.79 Å². The summed E-state index contributed by atoms with van der Waals surface area (Å²) in [4.78, 5) is 10.9. The maximum Gasteiger partial charge on any atom is 0.313 e. The van der Waals surface area contributed by atoms with Crippen molar-refractivity contribution in [2.45, 2.75) is 19.3 Å². The van der Waals surface area contributed by atoms with Gasteiger partial charge in [0.25, 0.3) is 0 Å². The van der Waals surface area contributed by atoms with Crippen molar-refractivity contribution in [1.82, 2.24) is 0 Å². The van der Waals surface area contributed by atoms with Crippen LogP contribution in [0.15, 0.2) is 16.6 Å². The number of benzene rings is 1. The summed E-state index contributed by atoms with van der Waals surface area (Å²) in [5.74, 6) is -3.16. The van der Waals surface area contributed by atoms with Gasteiger partial charge in [-0.05, 0) is 31.5 Å². The SMILES string of the molecule is CC(C)(C(=O)O)c1cc(F)c(F)cc1Br. The van der Waals surface area contributed by atoms with Gasteiger partial charge in [-0.1, -0.05) is 15.9 Å². The Morgan fingerprint density at radius 2 is 1.80 bits per heavy atom. The van der Waals surface area contributed by atoms with E-state index in [1.807, 2.05) is 0 Å². The second-order valence-corrected chi connectivity index (χ2v) is 4.53. The van der Waals surface area contributed by atoms with Crippen molar-refractivity contribution >= 4 is 21.9 Å². The monoisotopic (exact) mass is 278 g/mol. The van der Waals surface area contributed by atoms with E-state index in [0.717, 1.165) is 12.1 Å². The highest BCUT2D eigenvalue weighted by Crippen LogP contribution is 2.32. The molecule has 0 saturated heterocycles. The van der Waals surface area contributed by atoms with Gasteiger partial charge in [-0.15, -0.1) is 0 Å². The van der Waals surface area contributed by atoms with E-state index in [9.17, 15) is 13.6 Å². The van der Waals surface area contributed by atoms with Crippen LogP contribution in [0.1, 0.15) is 19.4 Å². The number of hydrogen-bond donors (Lipinski definition) is 1. The smallest absolute Gasteiger partial charge is 0.313 e. The minimum Gasteiger partial charge on any atom is -0.481 e. The van der Waals surface area contributed by atoms with Gasteiger partial charge in [0.05, 0.1) is 5.41 Å². The lowest BCUT2D eigenvalue weighted by Crippen LogP contribution is -2.29. The molecule has 1 rings (SSSR count). The molecule has 0 aliphatic carbocycles. The Kier molecular flexibility index (Phi) is 3.13. The van der Waals surface area contributed by atoms with E-state index in [1.54, 1.807) is 0 Å². The molecule has 82 valence electrons. The van der Waals surface area contributed by atoms with Crippen LogP contribution >= 0.6 is 15.9 Å². The molecule has 1 aromatic rings. The van der Waals surface area contributed by atoms with Crippen LogP contribution in [0.3, 0.4) is 0 Å². The van der Waals surface area contributed by atoms with Crippen molar-refractivity contribution in [3.8, 4) is 0 Å². The Morgan fingerprint density at radius 1 is 1.33 bits per heavy atom. The fourth-order valence-corrected chi connectivity index (χ4v) is 1.93. The first kappa shape index (κ1) is 12.1. The van der Waals surface area contributed by atoms with Crippen molar-refractivity contribution in [3.05, 3.63) is 33.8 Å². The highest BCUT2D eigenvalue weighted by atomic mass is 79.9. The molecular formula is C10H9BrF2O2. The third-order valence-electron chi connectivity index (χ3n) is 2.22. The molecule has 0 radical (unpaired) electrons. The normalized spacial score (nSPS) is 11.5. The summed E-state index contributed by atoms with van der Waals surface area (Å²) in [5, 5.41) is 8.94. The predicted octanol–water partition coefficient (Wildman–Crippen LogP) is 3.09. The molecule has 0 heterocycles. The van der Waals surface area contributed by atoms with Crippen LogP contribution < -0.4 is 0 Å². The summed E-state index contributed by atoms with van der Waals surface area (Å²) in [6.45, 7) is 2.85. The fourth-order valence-electron chi connectivity index (χ4n) is 1.12. The van der Waals surface area contributed by atoms with E-state index in [1.165, 1.54) is 13.8 Å². The molecule has 5 heteroatoms. The zero-order valence-electron chi connectivity index (χ0n) is 8.14. The number of aliphatic carboxylic acids is 1. The summed E-state index contributed by atoms with van der Waals surface area (Å²) in [6, 6.07) is 1.82. The van der Waals surface area contributed by atoms with Crippen LogP contribution in [0.2, 0.25) is 0 Å². The van der Waals surface area contributed by atoms with Gasteiger partial charge in [0.2, 0.25) is 0 Å².